The van der Waals surface area contributed by atoms with E-state index in [0.29, 0.717) is 13.1 Å². The van der Waals surface area contributed by atoms with Crippen molar-refractivity contribution in [3.8, 4) is 0 Å². The standard InChI is InChI=1S/C50H39NO10.C20H31NO10.C2H6/c1-20(52)56-19-34-49(60-23(4)55)17-33(59-22(3)54)50(61-34,18-32(49)58-21(2)53)57-10-9-51-47-26-7-8-27-14-31-16-29-12-25-6-5-24-11-28-15-30(13-26)39-37(28)41-35(24)36(25)42-38(29)40(31)46(48(27)51)44(43(41)42)45(39)47;1-12(22)26-11-18-19(30-15(4)25)9-17(29-14(3)24)20(31-18,27-8-7-21(5)6)10-16(19)28-13(2)23;1-2/h5-6,11-14,32-34H,7-10,15-19H2,1-4H3;16-18H,7-11H2,1-6H3;1-2H3. The van der Waals surface area contributed by atoms with Crippen molar-refractivity contribution >= 4 is 134 Å². The van der Waals surface area contributed by atoms with Crippen molar-refractivity contribution in [3.63, 3.8) is 0 Å². The summed E-state index contributed by atoms with van der Waals surface area (Å²) in [6, 6.07) is 14.5. The number of esters is 8. The number of rotatable bonds is 18. The predicted octanol–water partition coefficient (Wildman–Crippen LogP) is 9.21. The van der Waals surface area contributed by atoms with Crippen LogP contribution >= 0.6 is 0 Å². The van der Waals surface area contributed by atoms with E-state index in [9.17, 15) is 38.4 Å². The molecular formula is C72H76N2O20. The summed E-state index contributed by atoms with van der Waals surface area (Å²) in [5.74, 6) is -7.87. The predicted molar refractivity (Wildman–Crippen MR) is 342 cm³/mol. The van der Waals surface area contributed by atoms with E-state index in [1.165, 1.54) is 175 Å². The average Bonchev–Trinajstić information content (AvgIpc) is 1.46. The number of hydrogen-bond donors (Lipinski definition) is 0. The molecule has 5 aliphatic heterocycles. The van der Waals surface area contributed by atoms with Gasteiger partial charge in [0.25, 0.3) is 0 Å². The van der Waals surface area contributed by atoms with Gasteiger partial charge in [-0.2, -0.15) is 0 Å². The molecule has 18 rings (SSSR count). The molecule has 6 bridgehead atoms. The number of nitrogens with zero attached hydrogens (tertiary/aromatic N) is 2. The molecule has 4 aliphatic carbocycles. The van der Waals surface area contributed by atoms with Gasteiger partial charge in [-0.1, -0.05) is 50.2 Å². The Morgan fingerprint density at radius 2 is 0.819 bits per heavy atom. The molecule has 9 aliphatic rings. The van der Waals surface area contributed by atoms with Crippen LogP contribution in [0.5, 0.6) is 0 Å². The van der Waals surface area contributed by atoms with Gasteiger partial charge in [0.2, 0.25) is 11.6 Å². The van der Waals surface area contributed by atoms with Gasteiger partial charge in [0, 0.05) is 116 Å². The van der Waals surface area contributed by atoms with Gasteiger partial charge >= 0.3 is 47.8 Å². The van der Waals surface area contributed by atoms with Crippen LogP contribution in [0, 0.1) is 0 Å². The lowest BCUT2D eigenvalue weighted by atomic mass is 9.70. The van der Waals surface area contributed by atoms with Gasteiger partial charge in [-0.3, -0.25) is 38.4 Å². The van der Waals surface area contributed by atoms with E-state index >= 15 is 0 Å². The maximum atomic E-state index is 12.7. The fourth-order valence-corrected chi connectivity index (χ4v) is 17.5. The number of fused-ring (bicyclic) bond motifs is 6. The molecule has 10 unspecified atom stereocenters. The van der Waals surface area contributed by atoms with Gasteiger partial charge in [-0.25, -0.2) is 0 Å². The average molecular weight is 1290 g/mol. The first-order valence-electron chi connectivity index (χ1n) is 32.5. The SMILES string of the molecule is CC.CC(=O)OCC1OC2(OCCN(C)C)CC(OC(C)=O)C1(OC(C)=O)CC2OC(C)=O.CC(=O)OCC1OC2(OCCn3c4c5cc6c7c8c(cc9ccc%10cc%11c%12c%13c(cc(c3c%13c(c3c8c9c%10c%123)c74)CC5)C%11)C6)CC(OC(C)=O)C1(OC(C)=O)CC2OC(C)=O. The molecule has 0 N–H and O–H groups in total. The van der Waals surface area contributed by atoms with Crippen LogP contribution in [0.15, 0.2) is 36.4 Å². The van der Waals surface area contributed by atoms with E-state index in [-0.39, 0.29) is 52.1 Å². The number of carbonyl (C=O) groups is 8. The van der Waals surface area contributed by atoms with Gasteiger partial charge in [0.05, 0.1) is 24.2 Å². The molecule has 9 aromatic rings. The molecule has 94 heavy (non-hydrogen) atoms. The maximum Gasteiger partial charge on any atom is 0.303 e. The summed E-state index contributed by atoms with van der Waals surface area (Å²) >= 11 is 0. The topological polar surface area (TPSA) is 255 Å². The second kappa shape index (κ2) is 22.7. The van der Waals surface area contributed by atoms with Crippen molar-refractivity contribution in [3.05, 3.63) is 69.8 Å². The zero-order chi connectivity index (χ0) is 66.6. The lowest BCUT2D eigenvalue weighted by Crippen LogP contribution is -2.76. The number of aryl methyl sites for hydroxylation is 2. The summed E-state index contributed by atoms with van der Waals surface area (Å²) < 4.78 is 73.4. The van der Waals surface area contributed by atoms with Crippen molar-refractivity contribution in [2.45, 2.75) is 187 Å². The highest BCUT2D eigenvalue weighted by atomic mass is 16.8. The zero-order valence-electron chi connectivity index (χ0n) is 54.9. The highest BCUT2D eigenvalue weighted by molar-refractivity contribution is 6.55. The molecule has 8 aromatic carbocycles. The lowest BCUT2D eigenvalue weighted by molar-refractivity contribution is -0.411. The third-order valence-corrected chi connectivity index (χ3v) is 20.3. The third kappa shape index (κ3) is 9.49. The van der Waals surface area contributed by atoms with Crippen LogP contribution in [0.25, 0.3) is 86.4 Å². The van der Waals surface area contributed by atoms with Crippen molar-refractivity contribution in [1.29, 1.82) is 0 Å². The van der Waals surface area contributed by atoms with E-state index in [1.54, 1.807) is 0 Å². The Labute approximate surface area is 540 Å². The summed E-state index contributed by atoms with van der Waals surface area (Å²) in [6.07, 6.45) is -2.70. The van der Waals surface area contributed by atoms with Gasteiger partial charge in [-0.05, 0) is 127 Å². The van der Waals surface area contributed by atoms with Crippen LogP contribution in [-0.2, 0) is 127 Å². The molecule has 0 spiro atoms. The highest BCUT2D eigenvalue weighted by Gasteiger charge is 2.72. The van der Waals surface area contributed by atoms with E-state index in [4.69, 9.17) is 56.8 Å². The smallest absolute Gasteiger partial charge is 0.303 e. The summed E-state index contributed by atoms with van der Waals surface area (Å²) in [5, 5.41) is 19.4. The molecule has 1 aromatic heterocycles. The quantitative estimate of drug-likeness (QED) is 0.0335. The van der Waals surface area contributed by atoms with Gasteiger partial charge in [-0.15, -0.1) is 0 Å². The minimum Gasteiger partial charge on any atom is -0.463 e. The van der Waals surface area contributed by atoms with E-state index in [0.717, 1.165) is 25.7 Å². The Hall–Kier alpha value is -8.28. The molecule has 22 heteroatoms. The normalized spacial score (nSPS) is 26.6. The second-order valence-corrected chi connectivity index (χ2v) is 26.4. The Bertz CT molecular complexity index is 4490. The highest BCUT2D eigenvalue weighted by Crippen LogP contribution is 2.62. The molecule has 494 valence electrons. The van der Waals surface area contributed by atoms with Crippen LogP contribution < -0.4 is 0 Å². The van der Waals surface area contributed by atoms with Crippen LogP contribution in [0.4, 0.5) is 0 Å². The van der Waals surface area contributed by atoms with Gasteiger partial charge in [0.15, 0.2) is 23.4 Å². The minimum absolute atomic E-state index is 0.0399. The maximum absolute atomic E-state index is 12.7. The molecule has 0 amide bonds. The number of ether oxygens (including phenoxy) is 12. The second-order valence-electron chi connectivity index (χ2n) is 26.4. The first kappa shape index (κ1) is 63.1. The zero-order valence-corrected chi connectivity index (χ0v) is 54.9. The van der Waals surface area contributed by atoms with Crippen molar-refractivity contribution in [1.82, 2.24) is 9.47 Å². The van der Waals surface area contributed by atoms with Crippen LogP contribution in [-0.4, -0.2) is 164 Å². The fraction of sp³-hybridized carbons (Fsp3) is 0.500. The Morgan fingerprint density at radius 3 is 1.21 bits per heavy atom. The number of aromatic nitrogens is 1. The Morgan fingerprint density at radius 1 is 0.447 bits per heavy atom. The summed E-state index contributed by atoms with van der Waals surface area (Å²) in [7, 11) is 3.73. The first-order valence-corrected chi connectivity index (χ1v) is 32.5. The van der Waals surface area contributed by atoms with Crippen LogP contribution in [0.2, 0.25) is 0 Å². The van der Waals surface area contributed by atoms with Gasteiger partial charge < -0.3 is 66.3 Å². The fourth-order valence-electron chi connectivity index (χ4n) is 17.5. The number of pyridine rings is 1. The van der Waals surface area contributed by atoms with Crippen molar-refractivity contribution in [2.24, 2.45) is 0 Å². The lowest BCUT2D eigenvalue weighted by Gasteiger charge is -2.60. The molecule has 2 saturated carbocycles. The minimum atomic E-state index is -1.63. The third-order valence-electron chi connectivity index (χ3n) is 20.3. The first-order chi connectivity index (χ1) is 44.8. The molecule has 6 fully saturated rings. The molecule has 0 radical (unpaired) electrons. The van der Waals surface area contributed by atoms with Gasteiger partial charge in [0.1, 0.15) is 37.6 Å². The van der Waals surface area contributed by atoms with Crippen molar-refractivity contribution in [2.75, 3.05) is 47.1 Å². The summed E-state index contributed by atoms with van der Waals surface area (Å²) in [6.45, 7) is 14.8. The number of carbonyl (C=O) groups excluding carboxylic acids is 8. The molecule has 22 nitrogen and oxygen atoms in total. The number of hydrogen-bond acceptors (Lipinski definition) is 21. The Balaban J connectivity index is 0.000000197. The largest absolute Gasteiger partial charge is 0.463 e. The van der Waals surface area contributed by atoms with Crippen LogP contribution in [0.3, 0.4) is 0 Å². The molecule has 6 heterocycles. The summed E-state index contributed by atoms with van der Waals surface area (Å²) in [4.78, 5) is 99.1. The monoisotopic (exact) mass is 1290 g/mol. The summed E-state index contributed by atoms with van der Waals surface area (Å²) in [5.41, 5.74) is 7.61. The Kier molecular flexibility index (Phi) is 15.2. The number of benzene rings is 7. The van der Waals surface area contributed by atoms with E-state index < -0.39 is 107 Å². The van der Waals surface area contributed by atoms with Crippen molar-refractivity contribution < 1.29 is 95.2 Å². The van der Waals surface area contributed by atoms with E-state index in [2.05, 4.69) is 41.0 Å². The molecule has 10 atom stereocenters. The molecular weight excluding hydrogens is 1210 g/mol. The van der Waals surface area contributed by atoms with E-state index in [1.807, 2.05) is 32.8 Å². The van der Waals surface area contributed by atoms with Crippen LogP contribution in [0.1, 0.15) is 128 Å². The molecule has 4 saturated heterocycles. The number of likely N-dealkylation sites (N-methyl/N-ethyl adjacent to an activating group) is 1.